The number of carbonyl (C=O) groups is 1. The van der Waals surface area contributed by atoms with Gasteiger partial charge in [-0.1, -0.05) is 23.7 Å². The molecule has 0 aliphatic rings. The zero-order valence-electron chi connectivity index (χ0n) is 11.5. The smallest absolute Gasteiger partial charge is 0.337 e. The molecule has 2 rings (SSSR count). The van der Waals surface area contributed by atoms with Gasteiger partial charge in [-0.2, -0.15) is 9.64 Å². The molecule has 1 aromatic carbocycles. The molecule has 21 heavy (non-hydrogen) atoms. The molecular formula is C14H12ClN3O2S. The van der Waals surface area contributed by atoms with Crippen molar-refractivity contribution >= 4 is 34.1 Å². The molecule has 108 valence electrons. The lowest BCUT2D eigenvalue weighted by molar-refractivity contribution is 0.0600. The number of nitrogens with zero attached hydrogens (tertiary/aromatic N) is 3. The summed E-state index contributed by atoms with van der Waals surface area (Å²) in [7, 11) is 3.21. The minimum Gasteiger partial charge on any atom is -0.465 e. The van der Waals surface area contributed by atoms with Crippen molar-refractivity contribution < 1.29 is 9.53 Å². The Morgan fingerprint density at radius 2 is 2.14 bits per heavy atom. The third kappa shape index (κ3) is 3.32. The van der Waals surface area contributed by atoms with Crippen molar-refractivity contribution in [3.8, 4) is 6.07 Å². The molecule has 0 radical (unpaired) electrons. The Balaban J connectivity index is 2.14. The van der Waals surface area contributed by atoms with E-state index in [9.17, 15) is 4.79 Å². The van der Waals surface area contributed by atoms with E-state index >= 15 is 0 Å². The van der Waals surface area contributed by atoms with E-state index in [-0.39, 0.29) is 11.1 Å². The highest BCUT2D eigenvalue weighted by atomic mass is 35.5. The van der Waals surface area contributed by atoms with Gasteiger partial charge >= 0.3 is 5.97 Å². The third-order valence-corrected chi connectivity index (χ3v) is 4.22. The maximum atomic E-state index is 11.4. The number of benzene rings is 1. The van der Waals surface area contributed by atoms with Crippen molar-refractivity contribution in [2.45, 2.75) is 6.54 Å². The molecule has 0 saturated carbocycles. The number of anilines is 1. The normalized spacial score (nSPS) is 10.0. The monoisotopic (exact) mass is 321 g/mol. The summed E-state index contributed by atoms with van der Waals surface area (Å²) in [6.45, 7) is 0.578. The predicted octanol–water partition coefficient (Wildman–Crippen LogP) is 3.09. The van der Waals surface area contributed by atoms with Gasteiger partial charge in [0.1, 0.15) is 16.6 Å². The number of rotatable bonds is 4. The summed E-state index contributed by atoms with van der Waals surface area (Å²) in [4.78, 5) is 13.3. The Labute approximate surface area is 131 Å². The van der Waals surface area contributed by atoms with Crippen molar-refractivity contribution in [1.82, 2.24) is 4.37 Å². The van der Waals surface area contributed by atoms with Crippen LogP contribution in [0.1, 0.15) is 21.5 Å². The summed E-state index contributed by atoms with van der Waals surface area (Å²) in [5.74, 6) is -0.365. The van der Waals surface area contributed by atoms with E-state index in [4.69, 9.17) is 16.9 Å². The van der Waals surface area contributed by atoms with E-state index in [0.29, 0.717) is 17.7 Å². The molecule has 0 amide bonds. The van der Waals surface area contributed by atoms with Crippen LogP contribution in [-0.2, 0) is 11.3 Å². The Kier molecular flexibility index (Phi) is 4.78. The number of carbonyl (C=O) groups excluding carboxylic acids is 1. The summed E-state index contributed by atoms with van der Waals surface area (Å²) in [5, 5.41) is 10.0. The van der Waals surface area contributed by atoms with Crippen LogP contribution in [0.4, 0.5) is 5.00 Å². The van der Waals surface area contributed by atoms with E-state index < -0.39 is 0 Å². The van der Waals surface area contributed by atoms with Crippen molar-refractivity contribution in [3.05, 3.63) is 46.1 Å². The first-order valence-electron chi connectivity index (χ1n) is 6.00. The van der Waals surface area contributed by atoms with E-state index in [0.717, 1.165) is 10.6 Å². The first-order valence-corrected chi connectivity index (χ1v) is 7.15. The summed E-state index contributed by atoms with van der Waals surface area (Å²) < 4.78 is 8.63. The lowest BCUT2D eigenvalue weighted by atomic mass is 10.1. The summed E-state index contributed by atoms with van der Waals surface area (Å²) in [6, 6.07) is 9.16. The van der Waals surface area contributed by atoms with Gasteiger partial charge in [0.05, 0.1) is 12.7 Å². The largest absolute Gasteiger partial charge is 0.465 e. The van der Waals surface area contributed by atoms with Crippen LogP contribution in [0.15, 0.2) is 24.3 Å². The fourth-order valence-corrected chi connectivity index (χ4v) is 2.81. The molecule has 0 bridgehead atoms. The van der Waals surface area contributed by atoms with E-state index in [1.807, 2.05) is 24.1 Å². The van der Waals surface area contributed by atoms with E-state index in [1.54, 1.807) is 12.1 Å². The van der Waals surface area contributed by atoms with Crippen LogP contribution in [0.5, 0.6) is 0 Å². The highest BCUT2D eigenvalue weighted by molar-refractivity contribution is 7.10. The fraction of sp³-hybridized carbons (Fsp3) is 0.214. The van der Waals surface area contributed by atoms with Crippen LogP contribution in [0.2, 0.25) is 5.15 Å². The van der Waals surface area contributed by atoms with Crippen molar-refractivity contribution in [1.29, 1.82) is 5.26 Å². The summed E-state index contributed by atoms with van der Waals surface area (Å²) in [5.41, 5.74) is 1.89. The van der Waals surface area contributed by atoms with E-state index in [1.165, 1.54) is 18.6 Å². The van der Waals surface area contributed by atoms with Gasteiger partial charge in [-0.15, -0.1) is 0 Å². The standard InChI is InChI=1S/C14H12ClN3O2S/c1-18(13-11(7-16)12(15)17-21-13)8-9-3-5-10(6-4-9)14(19)20-2/h3-6H,8H2,1-2H3. The molecular weight excluding hydrogens is 310 g/mol. The lowest BCUT2D eigenvalue weighted by Crippen LogP contribution is -2.16. The summed E-state index contributed by atoms with van der Waals surface area (Å²) in [6.07, 6.45) is 0. The topological polar surface area (TPSA) is 66.2 Å². The van der Waals surface area contributed by atoms with Crippen molar-refractivity contribution in [2.75, 3.05) is 19.1 Å². The maximum Gasteiger partial charge on any atom is 0.337 e. The molecule has 0 atom stereocenters. The average Bonchev–Trinajstić information content (AvgIpc) is 2.88. The van der Waals surface area contributed by atoms with Gasteiger partial charge in [-0.05, 0) is 29.2 Å². The number of hydrogen-bond donors (Lipinski definition) is 0. The maximum absolute atomic E-state index is 11.4. The minimum absolute atomic E-state index is 0.227. The predicted molar refractivity (Wildman–Crippen MR) is 81.7 cm³/mol. The van der Waals surface area contributed by atoms with Crippen LogP contribution >= 0.6 is 23.1 Å². The van der Waals surface area contributed by atoms with Crippen LogP contribution in [0, 0.1) is 11.3 Å². The van der Waals surface area contributed by atoms with Crippen LogP contribution in [0.3, 0.4) is 0 Å². The number of hydrogen-bond acceptors (Lipinski definition) is 6. The highest BCUT2D eigenvalue weighted by Crippen LogP contribution is 2.31. The number of esters is 1. The molecule has 0 saturated heterocycles. The molecule has 1 heterocycles. The SMILES string of the molecule is COC(=O)c1ccc(CN(C)c2snc(Cl)c2C#N)cc1. The Hall–Kier alpha value is -2.10. The number of methoxy groups -OCH3 is 1. The van der Waals surface area contributed by atoms with Gasteiger partial charge in [0.25, 0.3) is 0 Å². The molecule has 0 spiro atoms. The van der Waals surface area contributed by atoms with Gasteiger partial charge in [-0.3, -0.25) is 0 Å². The first-order chi connectivity index (χ1) is 10.1. The van der Waals surface area contributed by atoms with Crippen LogP contribution in [0.25, 0.3) is 0 Å². The molecule has 0 N–H and O–H groups in total. The third-order valence-electron chi connectivity index (χ3n) is 2.89. The highest BCUT2D eigenvalue weighted by Gasteiger charge is 2.15. The molecule has 0 aliphatic heterocycles. The Bertz CT molecular complexity index is 691. The first kappa shape index (κ1) is 15.3. The number of ether oxygens (including phenoxy) is 1. The second-order valence-corrected chi connectivity index (χ2v) is 5.42. The Morgan fingerprint density at radius 1 is 1.48 bits per heavy atom. The van der Waals surface area contributed by atoms with Gasteiger partial charge in [0.15, 0.2) is 5.15 Å². The molecule has 2 aromatic rings. The second kappa shape index (κ2) is 6.57. The van der Waals surface area contributed by atoms with Crippen molar-refractivity contribution in [3.63, 3.8) is 0 Å². The number of nitriles is 1. The lowest BCUT2D eigenvalue weighted by Gasteiger charge is -2.17. The zero-order valence-corrected chi connectivity index (χ0v) is 13.0. The molecule has 5 nitrogen and oxygen atoms in total. The van der Waals surface area contributed by atoms with Crippen LogP contribution in [-0.4, -0.2) is 24.5 Å². The van der Waals surface area contributed by atoms with E-state index in [2.05, 4.69) is 15.2 Å². The second-order valence-electron chi connectivity index (χ2n) is 4.31. The van der Waals surface area contributed by atoms with Gasteiger partial charge in [-0.25, -0.2) is 4.79 Å². The van der Waals surface area contributed by atoms with Gasteiger partial charge in [0, 0.05) is 13.6 Å². The molecule has 0 fully saturated rings. The fourth-order valence-electron chi connectivity index (χ4n) is 1.83. The van der Waals surface area contributed by atoms with Gasteiger partial charge in [0.2, 0.25) is 0 Å². The Morgan fingerprint density at radius 3 is 2.71 bits per heavy atom. The minimum atomic E-state index is -0.365. The van der Waals surface area contributed by atoms with Crippen molar-refractivity contribution in [2.24, 2.45) is 0 Å². The van der Waals surface area contributed by atoms with Crippen LogP contribution < -0.4 is 4.90 Å². The quantitative estimate of drug-likeness (QED) is 0.809. The molecule has 0 aliphatic carbocycles. The average molecular weight is 322 g/mol. The zero-order chi connectivity index (χ0) is 15.4. The molecule has 1 aromatic heterocycles. The summed E-state index contributed by atoms with van der Waals surface area (Å²) >= 11 is 7.05. The van der Waals surface area contributed by atoms with Gasteiger partial charge < -0.3 is 9.64 Å². The molecule has 7 heteroatoms. The number of halogens is 1. The molecule has 0 unspecified atom stereocenters. The number of aromatic nitrogens is 1.